The van der Waals surface area contributed by atoms with Gasteiger partial charge in [-0.1, -0.05) is 29.3 Å². The first-order valence-electron chi connectivity index (χ1n) is 8.09. The van der Waals surface area contributed by atoms with Crippen molar-refractivity contribution in [2.24, 2.45) is 0 Å². The summed E-state index contributed by atoms with van der Waals surface area (Å²) in [4.78, 5) is 24.4. The van der Waals surface area contributed by atoms with Crippen LogP contribution in [-0.2, 0) is 9.47 Å². The molecule has 2 aromatic rings. The Bertz CT molecular complexity index is 815. The van der Waals surface area contributed by atoms with Crippen LogP contribution in [0.2, 0.25) is 10.0 Å². The van der Waals surface area contributed by atoms with Gasteiger partial charge in [-0.2, -0.15) is 0 Å². The van der Waals surface area contributed by atoms with Crippen molar-refractivity contribution >= 4 is 35.1 Å². The molecule has 2 aromatic carbocycles. The molecular weight excluding hydrogens is 379 g/mol. The zero-order valence-electron chi connectivity index (χ0n) is 13.7. The van der Waals surface area contributed by atoms with Crippen molar-refractivity contribution in [1.82, 2.24) is 0 Å². The van der Waals surface area contributed by atoms with E-state index in [2.05, 4.69) is 0 Å². The third kappa shape index (κ3) is 4.75. The van der Waals surface area contributed by atoms with Crippen molar-refractivity contribution in [2.45, 2.75) is 18.9 Å². The largest absolute Gasteiger partial charge is 0.459 e. The highest BCUT2D eigenvalue weighted by molar-refractivity contribution is 6.36. The molecular formula is C19H16Cl2O5. The maximum absolute atomic E-state index is 12.2. The minimum Gasteiger partial charge on any atom is -0.459 e. The van der Waals surface area contributed by atoms with E-state index in [-0.39, 0.29) is 34.6 Å². The standard InChI is InChI=1S/C19H16Cl2O5/c20-13-6-7-16(17(21)10-13)19(23)26-14-4-1-3-12(9-14)18(22)25-11-15-5-2-8-24-15/h1,3-4,6-7,9-10,15H,2,5,8,11H2. The second-order valence-corrected chi connectivity index (χ2v) is 6.62. The van der Waals surface area contributed by atoms with Gasteiger partial charge in [0.1, 0.15) is 12.4 Å². The van der Waals surface area contributed by atoms with E-state index in [1.54, 1.807) is 24.3 Å². The number of hydrogen-bond donors (Lipinski definition) is 0. The van der Waals surface area contributed by atoms with Crippen molar-refractivity contribution < 1.29 is 23.8 Å². The van der Waals surface area contributed by atoms with Crippen molar-refractivity contribution in [3.63, 3.8) is 0 Å². The predicted molar refractivity (Wildman–Crippen MR) is 97.1 cm³/mol. The molecule has 0 radical (unpaired) electrons. The molecule has 7 heteroatoms. The average Bonchev–Trinajstić information content (AvgIpc) is 3.13. The fourth-order valence-corrected chi connectivity index (χ4v) is 3.02. The number of carbonyl (C=O) groups excluding carboxylic acids is 2. The van der Waals surface area contributed by atoms with E-state index in [1.807, 2.05) is 0 Å². The van der Waals surface area contributed by atoms with Crippen LogP contribution in [0.1, 0.15) is 33.6 Å². The molecule has 1 saturated heterocycles. The molecule has 1 aliphatic heterocycles. The Morgan fingerprint density at radius 2 is 1.96 bits per heavy atom. The highest BCUT2D eigenvalue weighted by atomic mass is 35.5. The Morgan fingerprint density at radius 1 is 1.12 bits per heavy atom. The predicted octanol–water partition coefficient (Wildman–Crippen LogP) is 4.55. The van der Waals surface area contributed by atoms with Gasteiger partial charge in [0.25, 0.3) is 0 Å². The van der Waals surface area contributed by atoms with Crippen LogP contribution in [0, 0.1) is 0 Å². The van der Waals surface area contributed by atoms with E-state index in [4.69, 9.17) is 37.4 Å². The molecule has 1 fully saturated rings. The van der Waals surface area contributed by atoms with Gasteiger partial charge in [0, 0.05) is 11.6 Å². The van der Waals surface area contributed by atoms with Crippen LogP contribution < -0.4 is 4.74 Å². The summed E-state index contributed by atoms with van der Waals surface area (Å²) in [5.41, 5.74) is 0.470. The normalized spacial score (nSPS) is 16.3. The maximum Gasteiger partial charge on any atom is 0.345 e. The van der Waals surface area contributed by atoms with Gasteiger partial charge in [0.05, 0.1) is 22.3 Å². The Hall–Kier alpha value is -2.08. The highest BCUT2D eigenvalue weighted by Gasteiger charge is 2.19. The van der Waals surface area contributed by atoms with E-state index in [0.717, 1.165) is 12.8 Å². The SMILES string of the molecule is O=C(OCC1CCCO1)c1cccc(OC(=O)c2ccc(Cl)cc2Cl)c1. The van der Waals surface area contributed by atoms with Gasteiger partial charge >= 0.3 is 11.9 Å². The quantitative estimate of drug-likeness (QED) is 0.549. The fraction of sp³-hybridized carbons (Fsp3) is 0.263. The van der Waals surface area contributed by atoms with E-state index in [9.17, 15) is 9.59 Å². The Morgan fingerprint density at radius 3 is 2.69 bits per heavy atom. The van der Waals surface area contributed by atoms with Crippen molar-refractivity contribution in [3.05, 3.63) is 63.6 Å². The average molecular weight is 395 g/mol. The van der Waals surface area contributed by atoms with Gasteiger partial charge in [-0.05, 0) is 49.2 Å². The molecule has 0 aromatic heterocycles. The Balaban J connectivity index is 1.64. The highest BCUT2D eigenvalue weighted by Crippen LogP contribution is 2.23. The summed E-state index contributed by atoms with van der Waals surface area (Å²) in [6, 6.07) is 10.7. The summed E-state index contributed by atoms with van der Waals surface area (Å²) in [5, 5.41) is 0.608. The fourth-order valence-electron chi connectivity index (χ4n) is 2.53. The van der Waals surface area contributed by atoms with Crippen LogP contribution in [0.3, 0.4) is 0 Å². The monoisotopic (exact) mass is 394 g/mol. The first-order valence-corrected chi connectivity index (χ1v) is 8.84. The van der Waals surface area contributed by atoms with Crippen LogP contribution in [0.5, 0.6) is 5.75 Å². The number of esters is 2. The molecule has 26 heavy (non-hydrogen) atoms. The molecule has 1 heterocycles. The van der Waals surface area contributed by atoms with Crippen LogP contribution >= 0.6 is 23.2 Å². The van der Waals surface area contributed by atoms with E-state index < -0.39 is 11.9 Å². The summed E-state index contributed by atoms with van der Waals surface area (Å²) < 4.78 is 16.0. The number of benzene rings is 2. The summed E-state index contributed by atoms with van der Waals surface area (Å²) >= 11 is 11.8. The summed E-state index contributed by atoms with van der Waals surface area (Å²) in [7, 11) is 0. The van der Waals surface area contributed by atoms with Crippen LogP contribution in [-0.4, -0.2) is 31.3 Å². The van der Waals surface area contributed by atoms with Gasteiger partial charge in [-0.25, -0.2) is 9.59 Å². The van der Waals surface area contributed by atoms with Gasteiger partial charge in [0.2, 0.25) is 0 Å². The number of hydrogen-bond acceptors (Lipinski definition) is 5. The molecule has 0 bridgehead atoms. The van der Waals surface area contributed by atoms with Gasteiger partial charge < -0.3 is 14.2 Å². The molecule has 0 saturated carbocycles. The Kier molecular flexibility index (Phi) is 6.14. The first kappa shape index (κ1) is 18.7. The van der Waals surface area contributed by atoms with Crippen molar-refractivity contribution in [3.8, 4) is 5.75 Å². The molecule has 5 nitrogen and oxygen atoms in total. The molecule has 136 valence electrons. The smallest absolute Gasteiger partial charge is 0.345 e. The summed E-state index contributed by atoms with van der Waals surface area (Å²) in [6.07, 6.45) is 1.81. The first-order chi connectivity index (χ1) is 12.5. The molecule has 0 amide bonds. The van der Waals surface area contributed by atoms with Crippen LogP contribution in [0.15, 0.2) is 42.5 Å². The summed E-state index contributed by atoms with van der Waals surface area (Å²) in [5.74, 6) is -0.924. The lowest BCUT2D eigenvalue weighted by molar-refractivity contribution is 0.0161. The second-order valence-electron chi connectivity index (χ2n) is 5.78. The maximum atomic E-state index is 12.2. The molecule has 1 aliphatic rings. The van der Waals surface area contributed by atoms with Gasteiger partial charge in [0.15, 0.2) is 0 Å². The lowest BCUT2D eigenvalue weighted by atomic mass is 10.2. The zero-order chi connectivity index (χ0) is 18.5. The lowest BCUT2D eigenvalue weighted by Gasteiger charge is -2.11. The Labute approximate surface area is 160 Å². The number of rotatable bonds is 5. The summed E-state index contributed by atoms with van der Waals surface area (Å²) in [6.45, 7) is 0.907. The van der Waals surface area contributed by atoms with E-state index in [0.29, 0.717) is 11.6 Å². The molecule has 0 spiro atoms. The zero-order valence-corrected chi connectivity index (χ0v) is 15.3. The van der Waals surface area contributed by atoms with Gasteiger partial charge in [-0.3, -0.25) is 0 Å². The lowest BCUT2D eigenvalue weighted by Crippen LogP contribution is -2.18. The molecule has 3 rings (SSSR count). The molecule has 1 unspecified atom stereocenters. The van der Waals surface area contributed by atoms with E-state index >= 15 is 0 Å². The van der Waals surface area contributed by atoms with E-state index in [1.165, 1.54) is 18.2 Å². The molecule has 0 N–H and O–H groups in total. The van der Waals surface area contributed by atoms with Crippen molar-refractivity contribution in [1.29, 1.82) is 0 Å². The van der Waals surface area contributed by atoms with Crippen molar-refractivity contribution in [2.75, 3.05) is 13.2 Å². The topological polar surface area (TPSA) is 61.8 Å². The number of ether oxygens (including phenoxy) is 3. The third-order valence-electron chi connectivity index (χ3n) is 3.86. The minimum atomic E-state index is -0.642. The number of halogens is 2. The number of carbonyl (C=O) groups is 2. The second kappa shape index (κ2) is 8.54. The third-order valence-corrected chi connectivity index (χ3v) is 4.40. The molecule has 0 aliphatic carbocycles. The molecule has 1 atom stereocenters. The van der Waals surface area contributed by atoms with Crippen LogP contribution in [0.25, 0.3) is 0 Å². The minimum absolute atomic E-state index is 0.0491. The van der Waals surface area contributed by atoms with Crippen LogP contribution in [0.4, 0.5) is 0 Å². The van der Waals surface area contributed by atoms with Gasteiger partial charge in [-0.15, -0.1) is 0 Å².